The molecule has 0 saturated carbocycles. The van der Waals surface area contributed by atoms with Gasteiger partial charge in [-0.1, -0.05) is 15.9 Å². The molecule has 1 heterocycles. The Morgan fingerprint density at radius 1 is 1.50 bits per heavy atom. The van der Waals surface area contributed by atoms with Crippen molar-refractivity contribution in [2.45, 2.75) is 13.3 Å². The normalized spacial score (nSPS) is 14.5. The average molecular weight is 284 g/mol. The average Bonchev–Trinajstić information content (AvgIpc) is 2.15. The van der Waals surface area contributed by atoms with Gasteiger partial charge in [-0.25, -0.2) is 0 Å². The SMILES string of the molecule is CCOc1cc(Br)ccc1C(=O)N1CCC1. The third-order valence-corrected chi connectivity index (χ3v) is 3.11. The van der Waals surface area contributed by atoms with Gasteiger partial charge in [-0.3, -0.25) is 4.79 Å². The first-order chi connectivity index (χ1) is 7.72. The number of carbonyl (C=O) groups is 1. The minimum atomic E-state index is 0.0715. The zero-order chi connectivity index (χ0) is 11.5. The lowest BCUT2D eigenvalue weighted by atomic mass is 10.1. The Morgan fingerprint density at radius 2 is 2.25 bits per heavy atom. The standard InChI is InChI=1S/C12H14BrNO2/c1-2-16-11-8-9(13)4-5-10(11)12(15)14-6-3-7-14/h4-5,8H,2-3,6-7H2,1H3. The molecule has 16 heavy (non-hydrogen) atoms. The van der Waals surface area contributed by atoms with E-state index in [4.69, 9.17) is 4.74 Å². The van der Waals surface area contributed by atoms with Gasteiger partial charge >= 0.3 is 0 Å². The lowest BCUT2D eigenvalue weighted by Crippen LogP contribution is -2.42. The fraction of sp³-hybridized carbons (Fsp3) is 0.417. The van der Waals surface area contributed by atoms with Crippen molar-refractivity contribution >= 4 is 21.8 Å². The van der Waals surface area contributed by atoms with E-state index in [1.807, 2.05) is 30.0 Å². The summed E-state index contributed by atoms with van der Waals surface area (Å²) in [4.78, 5) is 13.9. The number of rotatable bonds is 3. The van der Waals surface area contributed by atoms with Crippen LogP contribution in [-0.2, 0) is 0 Å². The van der Waals surface area contributed by atoms with Crippen LogP contribution in [0.15, 0.2) is 22.7 Å². The number of benzene rings is 1. The molecule has 1 saturated heterocycles. The highest BCUT2D eigenvalue weighted by Crippen LogP contribution is 2.26. The molecule has 1 aliphatic rings. The van der Waals surface area contributed by atoms with E-state index in [0.717, 1.165) is 24.0 Å². The fourth-order valence-electron chi connectivity index (χ4n) is 1.64. The van der Waals surface area contributed by atoms with Crippen LogP contribution >= 0.6 is 15.9 Å². The molecule has 0 bridgehead atoms. The predicted molar refractivity (Wildman–Crippen MR) is 65.8 cm³/mol. The summed E-state index contributed by atoms with van der Waals surface area (Å²) < 4.78 is 6.41. The number of amides is 1. The van der Waals surface area contributed by atoms with Crippen LogP contribution < -0.4 is 4.74 Å². The molecule has 0 unspecified atom stereocenters. The van der Waals surface area contributed by atoms with Gasteiger partial charge in [0.2, 0.25) is 0 Å². The number of hydrogen-bond acceptors (Lipinski definition) is 2. The number of hydrogen-bond donors (Lipinski definition) is 0. The van der Waals surface area contributed by atoms with Crippen LogP contribution in [0.4, 0.5) is 0 Å². The Labute approximate surface area is 104 Å². The van der Waals surface area contributed by atoms with E-state index in [0.29, 0.717) is 17.9 Å². The molecule has 1 fully saturated rings. The molecule has 0 N–H and O–H groups in total. The predicted octanol–water partition coefficient (Wildman–Crippen LogP) is 2.69. The second-order valence-corrected chi connectivity index (χ2v) is 4.63. The van der Waals surface area contributed by atoms with Crippen molar-refractivity contribution in [3.8, 4) is 5.75 Å². The zero-order valence-electron chi connectivity index (χ0n) is 9.20. The van der Waals surface area contributed by atoms with Crippen LogP contribution in [0, 0.1) is 0 Å². The Bertz CT molecular complexity index is 402. The van der Waals surface area contributed by atoms with E-state index >= 15 is 0 Å². The number of halogens is 1. The lowest BCUT2D eigenvalue weighted by molar-refractivity contribution is 0.0647. The first-order valence-corrected chi connectivity index (χ1v) is 6.23. The van der Waals surface area contributed by atoms with E-state index < -0.39 is 0 Å². The minimum absolute atomic E-state index is 0.0715. The molecule has 0 atom stereocenters. The Hall–Kier alpha value is -1.03. The lowest BCUT2D eigenvalue weighted by Gasteiger charge is -2.31. The zero-order valence-corrected chi connectivity index (χ0v) is 10.8. The highest BCUT2D eigenvalue weighted by atomic mass is 79.9. The second kappa shape index (κ2) is 4.87. The molecule has 2 rings (SSSR count). The monoisotopic (exact) mass is 283 g/mol. The molecule has 0 radical (unpaired) electrons. The van der Waals surface area contributed by atoms with Crippen LogP contribution in [0.25, 0.3) is 0 Å². The summed E-state index contributed by atoms with van der Waals surface area (Å²) in [5.41, 5.74) is 0.657. The first kappa shape index (κ1) is 11.5. The van der Waals surface area contributed by atoms with Gasteiger partial charge in [-0.05, 0) is 31.5 Å². The molecule has 1 aromatic carbocycles. The van der Waals surface area contributed by atoms with Crippen LogP contribution in [-0.4, -0.2) is 30.5 Å². The van der Waals surface area contributed by atoms with Gasteiger partial charge in [-0.15, -0.1) is 0 Å². The fourth-order valence-corrected chi connectivity index (χ4v) is 1.98. The number of carbonyl (C=O) groups excluding carboxylic acids is 1. The third kappa shape index (κ3) is 2.21. The maximum atomic E-state index is 12.1. The summed E-state index contributed by atoms with van der Waals surface area (Å²) in [5.74, 6) is 0.732. The summed E-state index contributed by atoms with van der Waals surface area (Å²) >= 11 is 3.38. The maximum Gasteiger partial charge on any atom is 0.257 e. The second-order valence-electron chi connectivity index (χ2n) is 3.72. The molecular weight excluding hydrogens is 270 g/mol. The number of ether oxygens (including phenoxy) is 1. The van der Waals surface area contributed by atoms with E-state index in [1.165, 1.54) is 0 Å². The third-order valence-electron chi connectivity index (χ3n) is 2.62. The summed E-state index contributed by atoms with van der Waals surface area (Å²) in [5, 5.41) is 0. The summed E-state index contributed by atoms with van der Waals surface area (Å²) in [7, 11) is 0. The van der Waals surface area contributed by atoms with E-state index in [1.54, 1.807) is 0 Å². The van der Waals surface area contributed by atoms with Crippen molar-refractivity contribution in [3.05, 3.63) is 28.2 Å². The van der Waals surface area contributed by atoms with Gasteiger partial charge < -0.3 is 9.64 Å². The van der Waals surface area contributed by atoms with Crippen LogP contribution in [0.1, 0.15) is 23.7 Å². The molecule has 1 amide bonds. The molecule has 3 nitrogen and oxygen atoms in total. The van der Waals surface area contributed by atoms with E-state index in [-0.39, 0.29) is 5.91 Å². The Morgan fingerprint density at radius 3 is 2.81 bits per heavy atom. The minimum Gasteiger partial charge on any atom is -0.493 e. The molecule has 1 aromatic rings. The molecule has 0 aromatic heterocycles. The van der Waals surface area contributed by atoms with Crippen molar-refractivity contribution in [2.75, 3.05) is 19.7 Å². The van der Waals surface area contributed by atoms with E-state index in [2.05, 4.69) is 15.9 Å². The summed E-state index contributed by atoms with van der Waals surface area (Å²) in [6, 6.07) is 5.53. The van der Waals surface area contributed by atoms with Crippen LogP contribution in [0.2, 0.25) is 0 Å². The molecule has 0 spiro atoms. The van der Waals surface area contributed by atoms with Gasteiger partial charge in [0.05, 0.1) is 12.2 Å². The highest BCUT2D eigenvalue weighted by Gasteiger charge is 2.24. The summed E-state index contributed by atoms with van der Waals surface area (Å²) in [6.45, 7) is 4.20. The number of nitrogens with zero attached hydrogens (tertiary/aromatic N) is 1. The Balaban J connectivity index is 2.27. The molecule has 4 heteroatoms. The Kier molecular flexibility index (Phi) is 3.49. The maximum absolute atomic E-state index is 12.1. The molecule has 86 valence electrons. The van der Waals surface area contributed by atoms with Gasteiger partial charge in [-0.2, -0.15) is 0 Å². The van der Waals surface area contributed by atoms with E-state index in [9.17, 15) is 4.79 Å². The van der Waals surface area contributed by atoms with Crippen molar-refractivity contribution in [1.29, 1.82) is 0 Å². The van der Waals surface area contributed by atoms with Gasteiger partial charge in [0.1, 0.15) is 5.75 Å². The largest absolute Gasteiger partial charge is 0.493 e. The van der Waals surface area contributed by atoms with Crippen molar-refractivity contribution < 1.29 is 9.53 Å². The molecule has 1 aliphatic heterocycles. The first-order valence-electron chi connectivity index (χ1n) is 5.44. The van der Waals surface area contributed by atoms with Crippen LogP contribution in [0.5, 0.6) is 5.75 Å². The van der Waals surface area contributed by atoms with Crippen LogP contribution in [0.3, 0.4) is 0 Å². The summed E-state index contributed by atoms with van der Waals surface area (Å²) in [6.07, 6.45) is 1.10. The van der Waals surface area contributed by atoms with Gasteiger partial charge in [0.15, 0.2) is 0 Å². The van der Waals surface area contributed by atoms with Crippen molar-refractivity contribution in [3.63, 3.8) is 0 Å². The van der Waals surface area contributed by atoms with Crippen molar-refractivity contribution in [2.24, 2.45) is 0 Å². The number of likely N-dealkylation sites (tertiary alicyclic amines) is 1. The van der Waals surface area contributed by atoms with Gasteiger partial charge in [0.25, 0.3) is 5.91 Å². The quantitative estimate of drug-likeness (QED) is 0.854. The highest BCUT2D eigenvalue weighted by molar-refractivity contribution is 9.10. The smallest absolute Gasteiger partial charge is 0.257 e. The van der Waals surface area contributed by atoms with Crippen molar-refractivity contribution in [1.82, 2.24) is 4.90 Å². The van der Waals surface area contributed by atoms with Gasteiger partial charge in [0, 0.05) is 17.6 Å². The molecular formula is C12H14BrNO2. The molecule has 0 aliphatic carbocycles. The topological polar surface area (TPSA) is 29.5 Å².